The summed E-state index contributed by atoms with van der Waals surface area (Å²) in [6.07, 6.45) is 4.86. The summed E-state index contributed by atoms with van der Waals surface area (Å²) < 4.78 is 5.07. The van der Waals surface area contributed by atoms with Crippen molar-refractivity contribution in [2.24, 2.45) is 17.8 Å². The van der Waals surface area contributed by atoms with Crippen molar-refractivity contribution in [1.82, 2.24) is 5.32 Å². The molecule has 0 radical (unpaired) electrons. The highest BCUT2D eigenvalue weighted by Crippen LogP contribution is 2.63. The molecule has 2 aromatic carbocycles. The summed E-state index contributed by atoms with van der Waals surface area (Å²) in [4.78, 5) is 12.7. The van der Waals surface area contributed by atoms with Crippen LogP contribution in [-0.4, -0.2) is 26.2 Å². The Labute approximate surface area is 173 Å². The second kappa shape index (κ2) is 7.83. The molecule has 4 nitrogen and oxygen atoms in total. The SMILES string of the molecule is COCCCNC(=O)c1ccc2c(c1)C1C3CCC(C3)C1C(c1ccccc1)N2. The molecule has 1 heterocycles. The lowest BCUT2D eigenvalue weighted by atomic mass is 9.68. The van der Waals surface area contributed by atoms with E-state index in [1.807, 2.05) is 6.07 Å². The molecule has 5 unspecified atom stereocenters. The lowest BCUT2D eigenvalue weighted by Crippen LogP contribution is -2.35. The van der Waals surface area contributed by atoms with Crippen LogP contribution in [0.4, 0.5) is 5.69 Å². The first-order chi connectivity index (χ1) is 14.3. The van der Waals surface area contributed by atoms with Gasteiger partial charge in [-0.2, -0.15) is 0 Å². The first-order valence-corrected chi connectivity index (χ1v) is 11.0. The number of fused-ring (bicyclic) bond motifs is 7. The van der Waals surface area contributed by atoms with Crippen LogP contribution < -0.4 is 10.6 Å². The highest BCUT2D eigenvalue weighted by molar-refractivity contribution is 5.95. The number of hydrogen-bond acceptors (Lipinski definition) is 3. The van der Waals surface area contributed by atoms with Crippen LogP contribution in [-0.2, 0) is 4.74 Å². The molecule has 0 aromatic heterocycles. The van der Waals surface area contributed by atoms with E-state index in [1.165, 1.54) is 36.1 Å². The Morgan fingerprint density at radius 2 is 1.97 bits per heavy atom. The topological polar surface area (TPSA) is 50.4 Å². The first kappa shape index (κ1) is 18.7. The van der Waals surface area contributed by atoms with Gasteiger partial charge >= 0.3 is 0 Å². The van der Waals surface area contributed by atoms with Crippen molar-refractivity contribution in [2.45, 2.75) is 37.6 Å². The third kappa shape index (κ3) is 3.33. The summed E-state index contributed by atoms with van der Waals surface area (Å²) in [5, 5.41) is 6.88. The van der Waals surface area contributed by atoms with Gasteiger partial charge in [-0.25, -0.2) is 0 Å². The van der Waals surface area contributed by atoms with Crippen molar-refractivity contribution in [3.05, 3.63) is 65.2 Å². The molecule has 152 valence electrons. The Kier molecular flexibility index (Phi) is 5.04. The maximum atomic E-state index is 12.7. The predicted octanol–water partition coefficient (Wildman–Crippen LogP) is 4.75. The smallest absolute Gasteiger partial charge is 0.251 e. The van der Waals surface area contributed by atoms with Gasteiger partial charge in [0.15, 0.2) is 0 Å². The van der Waals surface area contributed by atoms with Crippen LogP contribution >= 0.6 is 0 Å². The number of anilines is 1. The molecular formula is C25H30N2O2. The zero-order chi connectivity index (χ0) is 19.8. The quantitative estimate of drug-likeness (QED) is 0.700. The number of benzene rings is 2. The van der Waals surface area contributed by atoms with Crippen LogP contribution in [0, 0.1) is 17.8 Å². The Hall–Kier alpha value is -2.33. The Morgan fingerprint density at radius 3 is 2.79 bits per heavy atom. The molecule has 5 atom stereocenters. The second-order valence-electron chi connectivity index (χ2n) is 8.87. The monoisotopic (exact) mass is 390 g/mol. The number of hydrogen-bond donors (Lipinski definition) is 2. The third-order valence-corrected chi connectivity index (χ3v) is 7.32. The van der Waals surface area contributed by atoms with E-state index in [4.69, 9.17) is 4.74 Å². The molecule has 3 aliphatic rings. The number of rotatable bonds is 6. The van der Waals surface area contributed by atoms with Crippen LogP contribution in [0.2, 0.25) is 0 Å². The van der Waals surface area contributed by atoms with Crippen molar-refractivity contribution in [2.75, 3.05) is 25.6 Å². The van der Waals surface area contributed by atoms with Crippen LogP contribution in [0.3, 0.4) is 0 Å². The molecule has 2 aromatic rings. The molecule has 0 saturated heterocycles. The summed E-state index contributed by atoms with van der Waals surface area (Å²) in [6, 6.07) is 17.5. The van der Waals surface area contributed by atoms with Crippen molar-refractivity contribution < 1.29 is 9.53 Å². The summed E-state index contributed by atoms with van der Waals surface area (Å²) in [5.74, 6) is 2.77. The maximum Gasteiger partial charge on any atom is 0.251 e. The number of methoxy groups -OCH3 is 1. The van der Waals surface area contributed by atoms with E-state index in [0.717, 1.165) is 23.8 Å². The van der Waals surface area contributed by atoms with Gasteiger partial charge in [0.1, 0.15) is 0 Å². The highest BCUT2D eigenvalue weighted by Gasteiger charge is 2.53. The van der Waals surface area contributed by atoms with Crippen LogP contribution in [0.1, 0.15) is 59.1 Å². The lowest BCUT2D eigenvalue weighted by molar-refractivity contribution is 0.0948. The molecule has 1 aliphatic heterocycles. The molecule has 5 rings (SSSR count). The molecule has 29 heavy (non-hydrogen) atoms. The molecule has 1 amide bonds. The Morgan fingerprint density at radius 1 is 1.14 bits per heavy atom. The van der Waals surface area contributed by atoms with E-state index in [9.17, 15) is 4.79 Å². The van der Waals surface area contributed by atoms with E-state index in [0.29, 0.717) is 31.0 Å². The molecule has 2 saturated carbocycles. The highest BCUT2D eigenvalue weighted by atomic mass is 16.5. The molecule has 2 N–H and O–H groups in total. The van der Waals surface area contributed by atoms with Crippen LogP contribution in [0.5, 0.6) is 0 Å². The second-order valence-corrected chi connectivity index (χ2v) is 8.87. The van der Waals surface area contributed by atoms with Gasteiger partial charge in [0.2, 0.25) is 0 Å². The van der Waals surface area contributed by atoms with Crippen molar-refractivity contribution in [3.8, 4) is 0 Å². The number of carbonyl (C=O) groups excluding carboxylic acids is 1. The van der Waals surface area contributed by atoms with Crippen molar-refractivity contribution >= 4 is 11.6 Å². The summed E-state index contributed by atoms with van der Waals surface area (Å²) >= 11 is 0. The minimum atomic E-state index is 0.0220. The number of nitrogens with one attached hydrogen (secondary N) is 2. The Bertz CT molecular complexity index is 882. The van der Waals surface area contributed by atoms with Gasteiger partial charge in [-0.1, -0.05) is 30.3 Å². The minimum absolute atomic E-state index is 0.0220. The third-order valence-electron chi connectivity index (χ3n) is 7.32. The maximum absolute atomic E-state index is 12.7. The van der Waals surface area contributed by atoms with Gasteiger partial charge in [0, 0.05) is 31.5 Å². The molecule has 0 spiro atoms. The summed E-state index contributed by atoms with van der Waals surface area (Å²) in [5.41, 5.74) is 4.74. The number of amides is 1. The van der Waals surface area contributed by atoms with Crippen LogP contribution in [0.25, 0.3) is 0 Å². The molecular weight excluding hydrogens is 360 g/mol. The fourth-order valence-corrected chi connectivity index (χ4v) is 6.14. The number of carbonyl (C=O) groups is 1. The van der Waals surface area contributed by atoms with E-state index in [-0.39, 0.29) is 5.91 Å². The van der Waals surface area contributed by atoms with Crippen LogP contribution in [0.15, 0.2) is 48.5 Å². The summed E-state index contributed by atoms with van der Waals surface area (Å²) in [6.45, 7) is 1.32. The minimum Gasteiger partial charge on any atom is -0.385 e. The summed E-state index contributed by atoms with van der Waals surface area (Å²) in [7, 11) is 1.69. The molecule has 2 aliphatic carbocycles. The van der Waals surface area contributed by atoms with Gasteiger partial charge in [-0.3, -0.25) is 4.79 Å². The molecule has 2 bridgehead atoms. The predicted molar refractivity (Wildman–Crippen MR) is 115 cm³/mol. The van der Waals surface area contributed by atoms with E-state index < -0.39 is 0 Å². The van der Waals surface area contributed by atoms with Gasteiger partial charge < -0.3 is 15.4 Å². The number of ether oxygens (including phenoxy) is 1. The van der Waals surface area contributed by atoms with Gasteiger partial charge in [-0.15, -0.1) is 0 Å². The average molecular weight is 391 g/mol. The van der Waals surface area contributed by atoms with Gasteiger partial charge in [0.05, 0.1) is 6.04 Å². The van der Waals surface area contributed by atoms with E-state index in [1.54, 1.807) is 7.11 Å². The molecule has 2 fully saturated rings. The largest absolute Gasteiger partial charge is 0.385 e. The van der Waals surface area contributed by atoms with Gasteiger partial charge in [-0.05, 0) is 78.7 Å². The molecule has 4 heteroatoms. The van der Waals surface area contributed by atoms with Crippen molar-refractivity contribution in [1.29, 1.82) is 0 Å². The zero-order valence-electron chi connectivity index (χ0n) is 17.1. The normalized spacial score (nSPS) is 29.1. The fourth-order valence-electron chi connectivity index (χ4n) is 6.14. The first-order valence-electron chi connectivity index (χ1n) is 11.0. The fraction of sp³-hybridized carbons (Fsp3) is 0.480. The van der Waals surface area contributed by atoms with Crippen molar-refractivity contribution in [3.63, 3.8) is 0 Å². The lowest BCUT2D eigenvalue weighted by Gasteiger charge is -2.43. The standard InChI is InChI=1S/C25H30N2O2/c1-29-13-5-12-26-25(28)19-10-11-21-20(15-19)22-17-8-9-18(14-17)23(22)24(27-21)16-6-3-2-4-7-16/h2-4,6-7,10-11,15,17-18,22-24,27H,5,8-9,12-14H2,1H3,(H,26,28). The van der Waals surface area contributed by atoms with Gasteiger partial charge in [0.25, 0.3) is 5.91 Å². The zero-order valence-corrected chi connectivity index (χ0v) is 17.1. The average Bonchev–Trinajstić information content (AvgIpc) is 3.39. The Balaban J connectivity index is 1.44. The van der Waals surface area contributed by atoms with E-state index in [2.05, 4.69) is 53.1 Å². The van der Waals surface area contributed by atoms with E-state index >= 15 is 0 Å².